The number of aromatic amines is 1. The van der Waals surface area contributed by atoms with Gasteiger partial charge in [-0.2, -0.15) is 5.10 Å². The number of hydrogen-bond acceptors (Lipinski definition) is 2. The van der Waals surface area contributed by atoms with Gasteiger partial charge in [-0.05, 0) is 42.8 Å². The largest absolute Gasteiger partial charge is 0.319 e. The maximum absolute atomic E-state index is 13.5. The van der Waals surface area contributed by atoms with Gasteiger partial charge < -0.3 is 5.32 Å². The molecule has 3 aromatic rings. The third-order valence-electron chi connectivity index (χ3n) is 3.64. The number of rotatable bonds is 4. The number of carbonyl (C=O) groups excluding carboxylic acids is 1. The summed E-state index contributed by atoms with van der Waals surface area (Å²) in [6.07, 6.45) is 0.612. The van der Waals surface area contributed by atoms with Crippen molar-refractivity contribution in [1.29, 1.82) is 0 Å². The third-order valence-corrected chi connectivity index (χ3v) is 3.64. The Balaban J connectivity index is 1.96. The highest BCUT2D eigenvalue weighted by atomic mass is 19.1. The van der Waals surface area contributed by atoms with E-state index in [4.69, 9.17) is 0 Å². The van der Waals surface area contributed by atoms with Crippen molar-refractivity contribution in [2.24, 2.45) is 0 Å². The van der Waals surface area contributed by atoms with Crippen molar-refractivity contribution >= 4 is 11.6 Å². The van der Waals surface area contributed by atoms with E-state index < -0.39 is 5.82 Å². The minimum atomic E-state index is -0.412. The van der Waals surface area contributed by atoms with Crippen LogP contribution in [0.5, 0.6) is 0 Å². The van der Waals surface area contributed by atoms with Crippen molar-refractivity contribution in [2.45, 2.75) is 13.3 Å². The highest BCUT2D eigenvalue weighted by molar-refractivity contribution is 6.06. The van der Waals surface area contributed by atoms with Crippen LogP contribution < -0.4 is 5.32 Å². The van der Waals surface area contributed by atoms with Gasteiger partial charge in [-0.1, -0.05) is 19.1 Å². The van der Waals surface area contributed by atoms with Gasteiger partial charge in [-0.3, -0.25) is 9.89 Å². The molecule has 6 heteroatoms. The number of halogens is 2. The highest BCUT2D eigenvalue weighted by Crippen LogP contribution is 2.30. The molecule has 2 aromatic carbocycles. The lowest BCUT2D eigenvalue weighted by molar-refractivity contribution is 0.102. The van der Waals surface area contributed by atoms with Gasteiger partial charge in [0.2, 0.25) is 0 Å². The van der Waals surface area contributed by atoms with E-state index >= 15 is 0 Å². The second kappa shape index (κ2) is 6.62. The molecule has 2 N–H and O–H groups in total. The first-order valence-corrected chi connectivity index (χ1v) is 7.48. The topological polar surface area (TPSA) is 57.8 Å². The molecule has 0 saturated carbocycles. The summed E-state index contributed by atoms with van der Waals surface area (Å²) in [5, 5.41) is 9.84. The van der Waals surface area contributed by atoms with E-state index in [-0.39, 0.29) is 11.7 Å². The molecule has 0 bridgehead atoms. The maximum Gasteiger partial charge on any atom is 0.255 e. The molecule has 1 heterocycles. The molecule has 0 unspecified atom stereocenters. The fourth-order valence-corrected chi connectivity index (χ4v) is 2.40. The minimum Gasteiger partial charge on any atom is -0.319 e. The zero-order chi connectivity index (χ0) is 17.1. The second-order valence-electron chi connectivity index (χ2n) is 5.25. The summed E-state index contributed by atoms with van der Waals surface area (Å²) in [5.41, 5.74) is 2.56. The third kappa shape index (κ3) is 3.17. The smallest absolute Gasteiger partial charge is 0.255 e. The van der Waals surface area contributed by atoms with Crippen LogP contribution in [0.1, 0.15) is 23.0 Å². The summed E-state index contributed by atoms with van der Waals surface area (Å²) in [6, 6.07) is 11.2. The molecule has 0 aliphatic carbocycles. The molecule has 0 spiro atoms. The molecular weight excluding hydrogens is 312 g/mol. The number of nitrogens with one attached hydrogen (secondary N) is 2. The Hall–Kier alpha value is -3.02. The average molecular weight is 327 g/mol. The van der Waals surface area contributed by atoms with E-state index in [1.54, 1.807) is 12.1 Å². The van der Waals surface area contributed by atoms with Crippen molar-refractivity contribution in [3.63, 3.8) is 0 Å². The van der Waals surface area contributed by atoms with E-state index in [0.717, 1.165) is 5.69 Å². The van der Waals surface area contributed by atoms with Gasteiger partial charge in [0.1, 0.15) is 17.3 Å². The monoisotopic (exact) mass is 327 g/mol. The molecule has 0 aliphatic rings. The standard InChI is InChI=1S/C18H15F2N3O/c1-2-15-17(21-18(24)11-6-8-13(19)9-7-11)16(23-22-15)12-4-3-5-14(20)10-12/h3-10H,2H2,1H3,(H,21,24)(H,22,23). The van der Waals surface area contributed by atoms with Gasteiger partial charge in [0.25, 0.3) is 5.91 Å². The number of anilines is 1. The van der Waals surface area contributed by atoms with Crippen LogP contribution in [0.15, 0.2) is 48.5 Å². The summed E-state index contributed by atoms with van der Waals surface area (Å²) < 4.78 is 26.5. The van der Waals surface area contributed by atoms with E-state index in [1.807, 2.05) is 6.92 Å². The summed E-state index contributed by atoms with van der Waals surface area (Å²) in [6.45, 7) is 1.91. The maximum atomic E-state index is 13.5. The normalized spacial score (nSPS) is 10.6. The fraction of sp³-hybridized carbons (Fsp3) is 0.111. The van der Waals surface area contributed by atoms with Gasteiger partial charge in [0.15, 0.2) is 0 Å². The van der Waals surface area contributed by atoms with Crippen LogP contribution in [-0.2, 0) is 6.42 Å². The minimum absolute atomic E-state index is 0.324. The first-order chi connectivity index (χ1) is 11.6. The van der Waals surface area contributed by atoms with Gasteiger partial charge in [-0.15, -0.1) is 0 Å². The van der Waals surface area contributed by atoms with Crippen LogP contribution >= 0.6 is 0 Å². The van der Waals surface area contributed by atoms with Crippen LogP contribution in [0, 0.1) is 11.6 Å². The predicted octanol–water partition coefficient (Wildman–Crippen LogP) is 4.17. The van der Waals surface area contributed by atoms with Crippen LogP contribution in [0.2, 0.25) is 0 Å². The lowest BCUT2D eigenvalue weighted by atomic mass is 10.1. The predicted molar refractivity (Wildman–Crippen MR) is 87.7 cm³/mol. The molecule has 0 fully saturated rings. The molecular formula is C18H15F2N3O. The average Bonchev–Trinajstić information content (AvgIpc) is 2.98. The Morgan fingerprint density at radius 1 is 1.12 bits per heavy atom. The Morgan fingerprint density at radius 3 is 2.54 bits per heavy atom. The van der Waals surface area contributed by atoms with Crippen LogP contribution in [-0.4, -0.2) is 16.1 Å². The lowest BCUT2D eigenvalue weighted by Crippen LogP contribution is -2.13. The summed E-state index contributed by atoms with van der Waals surface area (Å²) in [4.78, 5) is 12.4. The highest BCUT2D eigenvalue weighted by Gasteiger charge is 2.17. The quantitative estimate of drug-likeness (QED) is 0.755. The van der Waals surface area contributed by atoms with E-state index in [1.165, 1.54) is 36.4 Å². The lowest BCUT2D eigenvalue weighted by Gasteiger charge is -2.08. The number of H-pyrrole nitrogens is 1. The van der Waals surface area contributed by atoms with Crippen molar-refractivity contribution in [3.05, 3.63) is 71.4 Å². The Morgan fingerprint density at radius 2 is 1.88 bits per heavy atom. The number of aryl methyl sites for hydroxylation is 1. The first kappa shape index (κ1) is 15.9. The van der Waals surface area contributed by atoms with Crippen molar-refractivity contribution in [3.8, 4) is 11.3 Å². The van der Waals surface area contributed by atoms with Crippen LogP contribution in [0.3, 0.4) is 0 Å². The fourth-order valence-electron chi connectivity index (χ4n) is 2.40. The molecule has 1 amide bonds. The number of nitrogens with zero attached hydrogens (tertiary/aromatic N) is 1. The van der Waals surface area contributed by atoms with Crippen molar-refractivity contribution in [1.82, 2.24) is 10.2 Å². The van der Waals surface area contributed by atoms with E-state index in [0.29, 0.717) is 28.9 Å². The Labute approximate surface area is 137 Å². The van der Waals surface area contributed by atoms with Crippen LogP contribution in [0.4, 0.5) is 14.5 Å². The zero-order valence-corrected chi connectivity index (χ0v) is 12.9. The Bertz CT molecular complexity index is 872. The van der Waals surface area contributed by atoms with Gasteiger partial charge in [0, 0.05) is 11.1 Å². The summed E-state index contributed by atoms with van der Waals surface area (Å²) >= 11 is 0. The number of hydrogen-bond donors (Lipinski definition) is 2. The molecule has 4 nitrogen and oxygen atoms in total. The molecule has 122 valence electrons. The van der Waals surface area contributed by atoms with Crippen molar-refractivity contribution in [2.75, 3.05) is 5.32 Å². The SMILES string of the molecule is CCc1[nH]nc(-c2cccc(F)c2)c1NC(=O)c1ccc(F)cc1. The van der Waals surface area contributed by atoms with Gasteiger partial charge >= 0.3 is 0 Å². The van der Waals surface area contributed by atoms with Gasteiger partial charge in [-0.25, -0.2) is 8.78 Å². The first-order valence-electron chi connectivity index (χ1n) is 7.48. The molecule has 1 aromatic heterocycles. The number of benzene rings is 2. The summed E-state index contributed by atoms with van der Waals surface area (Å²) in [5.74, 6) is -1.18. The van der Waals surface area contributed by atoms with Crippen LogP contribution in [0.25, 0.3) is 11.3 Å². The Kier molecular flexibility index (Phi) is 4.37. The second-order valence-corrected chi connectivity index (χ2v) is 5.25. The molecule has 0 radical (unpaired) electrons. The molecule has 0 saturated heterocycles. The summed E-state index contributed by atoms with van der Waals surface area (Å²) in [7, 11) is 0. The molecule has 24 heavy (non-hydrogen) atoms. The molecule has 0 atom stereocenters. The van der Waals surface area contributed by atoms with E-state index in [2.05, 4.69) is 15.5 Å². The molecule has 0 aliphatic heterocycles. The van der Waals surface area contributed by atoms with Crippen molar-refractivity contribution < 1.29 is 13.6 Å². The molecule has 3 rings (SSSR count). The number of carbonyl (C=O) groups is 1. The zero-order valence-electron chi connectivity index (χ0n) is 12.9. The number of amides is 1. The van der Waals surface area contributed by atoms with E-state index in [9.17, 15) is 13.6 Å². The van der Waals surface area contributed by atoms with Gasteiger partial charge in [0.05, 0.1) is 11.4 Å². The number of aromatic nitrogens is 2.